The minimum atomic E-state index is -0.526. The summed E-state index contributed by atoms with van der Waals surface area (Å²) in [5.74, 6) is -1.88. The Morgan fingerprint density at radius 3 is 1.46 bits per heavy atom. The zero-order valence-corrected chi connectivity index (χ0v) is 14.1. The van der Waals surface area contributed by atoms with Crippen molar-refractivity contribution in [1.82, 2.24) is 0 Å². The second kappa shape index (κ2) is 13.2. The highest BCUT2D eigenvalue weighted by Gasteiger charge is 2.09. The van der Waals surface area contributed by atoms with Crippen LogP contribution in [0.1, 0.15) is 52.4 Å². The van der Waals surface area contributed by atoms with Crippen LogP contribution >= 0.6 is 0 Å². The van der Waals surface area contributed by atoms with E-state index in [1.54, 1.807) is 0 Å². The van der Waals surface area contributed by atoms with Crippen LogP contribution in [0.15, 0.2) is 0 Å². The van der Waals surface area contributed by atoms with Crippen LogP contribution in [0.3, 0.4) is 0 Å². The Kier molecular flexibility index (Phi) is 12.0. The number of carbonyl (C=O) groups is 5. The molecule has 0 aliphatic carbocycles. The van der Waals surface area contributed by atoms with Crippen molar-refractivity contribution in [2.45, 2.75) is 52.4 Å². The molecule has 0 radical (unpaired) electrons. The molecule has 0 amide bonds. The molecule has 0 saturated heterocycles. The smallest absolute Gasteiger partial charge is 0.306 e. The minimum Gasteiger partial charge on any atom is -0.466 e. The van der Waals surface area contributed by atoms with Crippen LogP contribution in [-0.4, -0.2) is 49.3 Å². The summed E-state index contributed by atoms with van der Waals surface area (Å²) >= 11 is 0. The van der Waals surface area contributed by atoms with E-state index in [9.17, 15) is 24.0 Å². The van der Waals surface area contributed by atoms with Gasteiger partial charge in [0.2, 0.25) is 0 Å². The number of esters is 3. The SMILES string of the molecule is CC(=O)COC(=O)CCCCOC(=O)CCCC(=O)OCC(C)=O. The minimum absolute atomic E-state index is 0.0460. The monoisotopic (exact) mass is 344 g/mol. The normalized spacial score (nSPS) is 9.92. The Morgan fingerprint density at radius 1 is 0.583 bits per heavy atom. The summed E-state index contributed by atoms with van der Waals surface area (Å²) in [6.45, 7) is 2.35. The van der Waals surface area contributed by atoms with Gasteiger partial charge in [-0.3, -0.25) is 24.0 Å². The van der Waals surface area contributed by atoms with E-state index in [1.807, 2.05) is 0 Å². The highest BCUT2D eigenvalue weighted by molar-refractivity contribution is 5.80. The Hall–Kier alpha value is -2.25. The Labute approximate surface area is 140 Å². The molecule has 0 fully saturated rings. The maximum atomic E-state index is 11.4. The van der Waals surface area contributed by atoms with Gasteiger partial charge < -0.3 is 14.2 Å². The highest BCUT2D eigenvalue weighted by Crippen LogP contribution is 2.03. The topological polar surface area (TPSA) is 113 Å². The summed E-state index contributed by atoms with van der Waals surface area (Å²) in [6, 6.07) is 0. The fourth-order valence-electron chi connectivity index (χ4n) is 1.52. The third-order valence-corrected chi connectivity index (χ3v) is 2.67. The van der Waals surface area contributed by atoms with Gasteiger partial charge in [-0.25, -0.2) is 0 Å². The quantitative estimate of drug-likeness (QED) is 0.278. The summed E-state index contributed by atoms with van der Waals surface area (Å²) in [4.78, 5) is 55.0. The number of unbranched alkanes of at least 4 members (excludes halogenated alkanes) is 1. The number of rotatable bonds is 13. The van der Waals surface area contributed by atoms with Crippen LogP contribution in [0, 0.1) is 0 Å². The molecule has 8 heteroatoms. The van der Waals surface area contributed by atoms with Gasteiger partial charge in [0.15, 0.2) is 11.6 Å². The largest absolute Gasteiger partial charge is 0.466 e. The van der Waals surface area contributed by atoms with E-state index >= 15 is 0 Å². The van der Waals surface area contributed by atoms with Crippen LogP contribution in [0.25, 0.3) is 0 Å². The van der Waals surface area contributed by atoms with Gasteiger partial charge in [-0.1, -0.05) is 0 Å². The molecule has 24 heavy (non-hydrogen) atoms. The van der Waals surface area contributed by atoms with Crippen LogP contribution in [-0.2, 0) is 38.2 Å². The van der Waals surface area contributed by atoms with E-state index in [0.717, 1.165) is 0 Å². The van der Waals surface area contributed by atoms with E-state index in [4.69, 9.17) is 4.74 Å². The second-order valence-corrected chi connectivity index (χ2v) is 5.26. The molecular formula is C16H24O8. The lowest BCUT2D eigenvalue weighted by Gasteiger charge is -2.05. The molecule has 0 aliphatic heterocycles. The van der Waals surface area contributed by atoms with Crippen LogP contribution < -0.4 is 0 Å². The van der Waals surface area contributed by atoms with Crippen molar-refractivity contribution in [3.63, 3.8) is 0 Å². The van der Waals surface area contributed by atoms with Gasteiger partial charge in [0, 0.05) is 19.3 Å². The summed E-state index contributed by atoms with van der Waals surface area (Å²) in [7, 11) is 0. The van der Waals surface area contributed by atoms with Crippen molar-refractivity contribution in [3.05, 3.63) is 0 Å². The molecule has 0 saturated carbocycles. The first-order chi connectivity index (χ1) is 11.3. The van der Waals surface area contributed by atoms with Crippen LogP contribution in [0.5, 0.6) is 0 Å². The number of Topliss-reactive ketones (excluding diaryl/α,β-unsaturated/α-hetero) is 2. The lowest BCUT2D eigenvalue weighted by Crippen LogP contribution is -2.12. The third kappa shape index (κ3) is 14.7. The maximum Gasteiger partial charge on any atom is 0.306 e. The van der Waals surface area contributed by atoms with E-state index in [-0.39, 0.29) is 57.1 Å². The lowest BCUT2D eigenvalue weighted by molar-refractivity contribution is -0.148. The zero-order chi connectivity index (χ0) is 18.4. The van der Waals surface area contributed by atoms with Crippen molar-refractivity contribution in [1.29, 1.82) is 0 Å². The first-order valence-electron chi connectivity index (χ1n) is 7.77. The second-order valence-electron chi connectivity index (χ2n) is 5.26. The van der Waals surface area contributed by atoms with Crippen molar-refractivity contribution in [2.75, 3.05) is 19.8 Å². The van der Waals surface area contributed by atoms with E-state index < -0.39 is 17.9 Å². The average Bonchev–Trinajstić information content (AvgIpc) is 2.50. The summed E-state index contributed by atoms with van der Waals surface area (Å²) < 4.78 is 14.3. The first-order valence-corrected chi connectivity index (χ1v) is 7.77. The van der Waals surface area contributed by atoms with Crippen molar-refractivity contribution in [3.8, 4) is 0 Å². The fourth-order valence-corrected chi connectivity index (χ4v) is 1.52. The first kappa shape index (κ1) is 21.8. The molecule has 0 aromatic rings. The molecular weight excluding hydrogens is 320 g/mol. The molecule has 0 heterocycles. The highest BCUT2D eigenvalue weighted by atomic mass is 16.5. The molecule has 136 valence electrons. The maximum absolute atomic E-state index is 11.4. The van der Waals surface area contributed by atoms with Gasteiger partial charge in [-0.05, 0) is 33.1 Å². The fraction of sp³-hybridized carbons (Fsp3) is 0.688. The Morgan fingerprint density at radius 2 is 1.00 bits per heavy atom. The molecule has 0 unspecified atom stereocenters. The predicted octanol–water partition coefficient (Wildman–Crippen LogP) is 1.13. The summed E-state index contributed by atoms with van der Waals surface area (Å²) in [6.07, 6.45) is 1.56. The van der Waals surface area contributed by atoms with Crippen molar-refractivity contribution in [2.24, 2.45) is 0 Å². The number of hydrogen-bond acceptors (Lipinski definition) is 8. The molecule has 0 aromatic heterocycles. The van der Waals surface area contributed by atoms with Gasteiger partial charge in [-0.2, -0.15) is 0 Å². The van der Waals surface area contributed by atoms with Gasteiger partial charge in [0.25, 0.3) is 0 Å². The number of ketones is 2. The molecule has 0 rings (SSSR count). The van der Waals surface area contributed by atoms with E-state index in [1.165, 1.54) is 13.8 Å². The average molecular weight is 344 g/mol. The molecule has 0 aliphatic rings. The van der Waals surface area contributed by atoms with Gasteiger partial charge >= 0.3 is 17.9 Å². The van der Waals surface area contributed by atoms with Gasteiger partial charge in [-0.15, -0.1) is 0 Å². The van der Waals surface area contributed by atoms with Gasteiger partial charge in [0.1, 0.15) is 13.2 Å². The summed E-state index contributed by atoms with van der Waals surface area (Å²) in [5, 5.41) is 0. The standard InChI is InChI=1S/C16H24O8/c1-12(17)10-23-15(20)6-3-4-9-22-14(19)7-5-8-16(21)24-11-13(2)18/h3-11H2,1-2H3. The van der Waals surface area contributed by atoms with Gasteiger partial charge in [0.05, 0.1) is 6.61 Å². The molecule has 0 spiro atoms. The van der Waals surface area contributed by atoms with E-state index in [2.05, 4.69) is 9.47 Å². The van der Waals surface area contributed by atoms with Crippen LogP contribution in [0.2, 0.25) is 0 Å². The van der Waals surface area contributed by atoms with E-state index in [0.29, 0.717) is 12.8 Å². The number of carbonyl (C=O) groups excluding carboxylic acids is 5. The predicted molar refractivity (Wildman–Crippen MR) is 81.9 cm³/mol. The molecule has 8 nitrogen and oxygen atoms in total. The Balaban J connectivity index is 3.53. The Bertz CT molecular complexity index is 455. The zero-order valence-electron chi connectivity index (χ0n) is 14.1. The molecule has 0 bridgehead atoms. The number of hydrogen-bond donors (Lipinski definition) is 0. The van der Waals surface area contributed by atoms with Crippen molar-refractivity contribution < 1.29 is 38.2 Å². The molecule has 0 N–H and O–H groups in total. The number of ether oxygens (including phenoxy) is 3. The molecule has 0 aromatic carbocycles. The lowest BCUT2D eigenvalue weighted by atomic mass is 10.2. The molecule has 0 atom stereocenters. The third-order valence-electron chi connectivity index (χ3n) is 2.67. The van der Waals surface area contributed by atoms with Crippen LogP contribution in [0.4, 0.5) is 0 Å². The van der Waals surface area contributed by atoms with Crippen molar-refractivity contribution >= 4 is 29.5 Å². The summed E-state index contributed by atoms with van der Waals surface area (Å²) in [5.41, 5.74) is 0.